The third-order valence-electron chi connectivity index (χ3n) is 4.50. The van der Waals surface area contributed by atoms with Gasteiger partial charge in [-0.2, -0.15) is 0 Å². The van der Waals surface area contributed by atoms with Crippen LogP contribution in [0.2, 0.25) is 0 Å². The number of carbonyl (C=O) groups excluding carboxylic acids is 2. The highest BCUT2D eigenvalue weighted by Gasteiger charge is 2.27. The summed E-state index contributed by atoms with van der Waals surface area (Å²) in [5.41, 5.74) is 1.85. The Balaban J connectivity index is 1.48. The van der Waals surface area contributed by atoms with E-state index in [1.165, 1.54) is 0 Å². The first-order valence-corrected chi connectivity index (χ1v) is 8.40. The van der Waals surface area contributed by atoms with Crippen LogP contribution in [0, 0.1) is 5.92 Å². The number of urea groups is 1. The van der Waals surface area contributed by atoms with Crippen molar-refractivity contribution in [1.82, 2.24) is 10.2 Å². The van der Waals surface area contributed by atoms with Crippen LogP contribution in [0.1, 0.15) is 28.8 Å². The Bertz CT molecular complexity index is 677. The molecule has 2 aromatic carbocycles. The van der Waals surface area contributed by atoms with Gasteiger partial charge in [-0.3, -0.25) is 4.79 Å². The van der Waals surface area contributed by atoms with E-state index >= 15 is 0 Å². The van der Waals surface area contributed by atoms with Crippen LogP contribution in [-0.2, 0) is 6.54 Å². The van der Waals surface area contributed by atoms with Crippen LogP contribution in [0.25, 0.3) is 0 Å². The SMILES string of the molecule is O=C(c1ccccc1)C1CCN(C(=O)NCc2ccccc2)CC1. The maximum absolute atomic E-state index is 12.5. The maximum Gasteiger partial charge on any atom is 0.317 e. The largest absolute Gasteiger partial charge is 0.334 e. The number of benzene rings is 2. The Morgan fingerprint density at radius 2 is 1.50 bits per heavy atom. The summed E-state index contributed by atoms with van der Waals surface area (Å²) < 4.78 is 0. The summed E-state index contributed by atoms with van der Waals surface area (Å²) in [6, 6.07) is 19.2. The summed E-state index contributed by atoms with van der Waals surface area (Å²) in [5, 5.41) is 2.95. The molecular weight excluding hydrogens is 300 g/mol. The molecule has 0 saturated carbocycles. The van der Waals surface area contributed by atoms with Crippen molar-refractivity contribution in [3.8, 4) is 0 Å². The number of Topliss-reactive ketones (excluding diaryl/α,β-unsaturated/α-hetero) is 1. The molecule has 3 rings (SSSR count). The summed E-state index contributed by atoms with van der Waals surface area (Å²) in [4.78, 5) is 26.5. The van der Waals surface area contributed by atoms with Gasteiger partial charge in [-0.1, -0.05) is 60.7 Å². The molecule has 0 bridgehead atoms. The molecule has 4 nitrogen and oxygen atoms in total. The zero-order chi connectivity index (χ0) is 16.8. The summed E-state index contributed by atoms with van der Waals surface area (Å²) in [6.07, 6.45) is 1.46. The van der Waals surface area contributed by atoms with Crippen molar-refractivity contribution in [2.24, 2.45) is 5.92 Å². The van der Waals surface area contributed by atoms with Crippen molar-refractivity contribution in [2.45, 2.75) is 19.4 Å². The first-order valence-electron chi connectivity index (χ1n) is 8.40. The van der Waals surface area contributed by atoms with Crippen molar-refractivity contribution >= 4 is 11.8 Å². The lowest BCUT2D eigenvalue weighted by Crippen LogP contribution is -2.45. The monoisotopic (exact) mass is 322 g/mol. The molecule has 2 aromatic rings. The van der Waals surface area contributed by atoms with E-state index in [2.05, 4.69) is 5.32 Å². The molecule has 1 aliphatic heterocycles. The second-order valence-electron chi connectivity index (χ2n) is 6.14. The molecule has 1 heterocycles. The van der Waals surface area contributed by atoms with Crippen LogP contribution in [-0.4, -0.2) is 29.8 Å². The second-order valence-corrected chi connectivity index (χ2v) is 6.14. The lowest BCUT2D eigenvalue weighted by Gasteiger charge is -2.31. The van der Waals surface area contributed by atoms with Crippen LogP contribution < -0.4 is 5.32 Å². The molecule has 1 saturated heterocycles. The van der Waals surface area contributed by atoms with Gasteiger partial charge in [0.1, 0.15) is 0 Å². The summed E-state index contributed by atoms with van der Waals surface area (Å²) in [6.45, 7) is 1.79. The van der Waals surface area contributed by atoms with Gasteiger partial charge in [0, 0.05) is 31.1 Å². The molecule has 4 heteroatoms. The topological polar surface area (TPSA) is 49.4 Å². The molecule has 0 atom stereocenters. The fourth-order valence-corrected chi connectivity index (χ4v) is 3.07. The van der Waals surface area contributed by atoms with Gasteiger partial charge in [0.2, 0.25) is 0 Å². The Morgan fingerprint density at radius 3 is 2.12 bits per heavy atom. The van der Waals surface area contributed by atoms with E-state index < -0.39 is 0 Å². The number of hydrogen-bond acceptors (Lipinski definition) is 2. The maximum atomic E-state index is 12.5. The third kappa shape index (κ3) is 4.02. The normalized spacial score (nSPS) is 15.1. The van der Waals surface area contributed by atoms with Gasteiger partial charge < -0.3 is 10.2 Å². The van der Waals surface area contributed by atoms with Gasteiger partial charge in [-0.25, -0.2) is 4.79 Å². The highest BCUT2D eigenvalue weighted by atomic mass is 16.2. The number of amides is 2. The van der Waals surface area contributed by atoms with Gasteiger partial charge in [0.15, 0.2) is 5.78 Å². The summed E-state index contributed by atoms with van der Waals surface area (Å²) in [5.74, 6) is 0.213. The number of hydrogen-bond donors (Lipinski definition) is 1. The number of piperidine rings is 1. The van der Waals surface area contributed by atoms with Crippen molar-refractivity contribution < 1.29 is 9.59 Å². The van der Waals surface area contributed by atoms with E-state index in [1.807, 2.05) is 60.7 Å². The number of likely N-dealkylation sites (tertiary alicyclic amines) is 1. The van der Waals surface area contributed by atoms with Crippen molar-refractivity contribution in [2.75, 3.05) is 13.1 Å². The molecule has 0 radical (unpaired) electrons. The van der Waals surface area contributed by atoms with Gasteiger partial charge in [0.05, 0.1) is 0 Å². The molecule has 0 unspecified atom stereocenters. The number of nitrogens with one attached hydrogen (secondary N) is 1. The van der Waals surface area contributed by atoms with E-state index in [-0.39, 0.29) is 17.7 Å². The summed E-state index contributed by atoms with van der Waals surface area (Å²) >= 11 is 0. The van der Waals surface area contributed by atoms with Crippen LogP contribution in [0.5, 0.6) is 0 Å². The molecule has 124 valence electrons. The Labute approximate surface area is 142 Å². The molecular formula is C20H22N2O2. The zero-order valence-electron chi connectivity index (χ0n) is 13.7. The number of rotatable bonds is 4. The average Bonchev–Trinajstić information content (AvgIpc) is 2.67. The first-order chi connectivity index (χ1) is 11.7. The third-order valence-corrected chi connectivity index (χ3v) is 4.50. The van der Waals surface area contributed by atoms with Gasteiger partial charge in [-0.15, -0.1) is 0 Å². The van der Waals surface area contributed by atoms with Gasteiger partial charge >= 0.3 is 6.03 Å². The van der Waals surface area contributed by atoms with E-state index in [0.29, 0.717) is 19.6 Å². The van der Waals surface area contributed by atoms with Crippen molar-refractivity contribution in [3.05, 3.63) is 71.8 Å². The van der Waals surface area contributed by atoms with E-state index in [4.69, 9.17) is 0 Å². The van der Waals surface area contributed by atoms with Crippen LogP contribution in [0.15, 0.2) is 60.7 Å². The lowest BCUT2D eigenvalue weighted by atomic mass is 9.89. The quantitative estimate of drug-likeness (QED) is 0.876. The number of nitrogens with zero attached hydrogens (tertiary/aromatic N) is 1. The molecule has 0 aliphatic carbocycles. The van der Waals surface area contributed by atoms with Gasteiger partial charge in [0.25, 0.3) is 0 Å². The fraction of sp³-hybridized carbons (Fsp3) is 0.300. The summed E-state index contributed by atoms with van der Waals surface area (Å²) in [7, 11) is 0. The second kappa shape index (κ2) is 7.77. The molecule has 2 amide bonds. The highest BCUT2D eigenvalue weighted by molar-refractivity contribution is 5.97. The Morgan fingerprint density at radius 1 is 0.917 bits per heavy atom. The molecule has 1 aliphatic rings. The minimum absolute atomic E-state index is 0.0190. The minimum atomic E-state index is -0.0514. The predicted molar refractivity (Wildman–Crippen MR) is 93.7 cm³/mol. The van der Waals surface area contributed by atoms with Crippen LogP contribution >= 0.6 is 0 Å². The van der Waals surface area contributed by atoms with E-state index in [1.54, 1.807) is 4.90 Å². The van der Waals surface area contributed by atoms with Crippen LogP contribution in [0.3, 0.4) is 0 Å². The Kier molecular flexibility index (Phi) is 5.26. The number of carbonyl (C=O) groups is 2. The first kappa shape index (κ1) is 16.2. The fourth-order valence-electron chi connectivity index (χ4n) is 3.07. The molecule has 0 aromatic heterocycles. The Hall–Kier alpha value is -2.62. The van der Waals surface area contributed by atoms with Crippen molar-refractivity contribution in [1.29, 1.82) is 0 Å². The van der Waals surface area contributed by atoms with E-state index in [9.17, 15) is 9.59 Å². The number of ketones is 1. The predicted octanol–water partition coefficient (Wildman–Crippen LogP) is 3.49. The average molecular weight is 322 g/mol. The molecule has 24 heavy (non-hydrogen) atoms. The molecule has 1 fully saturated rings. The van der Waals surface area contributed by atoms with Crippen molar-refractivity contribution in [3.63, 3.8) is 0 Å². The molecule has 1 N–H and O–H groups in total. The standard InChI is InChI=1S/C20H22N2O2/c23-19(17-9-5-2-6-10-17)18-11-13-22(14-12-18)20(24)21-15-16-7-3-1-4-8-16/h1-10,18H,11-15H2,(H,21,24). The lowest BCUT2D eigenvalue weighted by molar-refractivity contribution is 0.0854. The molecule has 0 spiro atoms. The van der Waals surface area contributed by atoms with Crippen LogP contribution in [0.4, 0.5) is 4.79 Å². The zero-order valence-corrected chi connectivity index (χ0v) is 13.7. The minimum Gasteiger partial charge on any atom is -0.334 e. The van der Waals surface area contributed by atoms with Gasteiger partial charge in [-0.05, 0) is 18.4 Å². The van der Waals surface area contributed by atoms with E-state index in [0.717, 1.165) is 24.0 Å². The smallest absolute Gasteiger partial charge is 0.317 e. The highest BCUT2D eigenvalue weighted by Crippen LogP contribution is 2.21.